The largest absolute Gasteiger partial charge is 0.382 e. The molecule has 0 amide bonds. The van der Waals surface area contributed by atoms with Crippen molar-refractivity contribution in [2.45, 2.75) is 16.7 Å². The van der Waals surface area contributed by atoms with E-state index in [2.05, 4.69) is 29.7 Å². The number of hydrogen-bond acceptors (Lipinski definition) is 12. The molecule has 4 rings (SSSR count). The molecule has 4 aromatic rings. The van der Waals surface area contributed by atoms with Gasteiger partial charge in [-0.3, -0.25) is 4.55 Å². The van der Waals surface area contributed by atoms with Crippen LogP contribution >= 0.6 is 23.4 Å². The second-order valence-corrected chi connectivity index (χ2v) is 9.46. The molecule has 2 heterocycles. The zero-order valence-corrected chi connectivity index (χ0v) is 18.6. The van der Waals surface area contributed by atoms with Crippen LogP contribution in [0.5, 0.6) is 0 Å². The highest BCUT2D eigenvalue weighted by molar-refractivity contribution is 7.94. The second-order valence-electron chi connectivity index (χ2n) is 6.25. The molecule has 0 spiro atoms. The van der Waals surface area contributed by atoms with Crippen molar-refractivity contribution in [3.05, 3.63) is 48.2 Å². The van der Waals surface area contributed by atoms with E-state index in [-0.39, 0.29) is 10.7 Å². The summed E-state index contributed by atoms with van der Waals surface area (Å²) in [6.07, 6.45) is 0. The molecule has 0 atom stereocenters. The van der Waals surface area contributed by atoms with Crippen LogP contribution in [0.15, 0.2) is 62.5 Å². The van der Waals surface area contributed by atoms with Gasteiger partial charge in [0.05, 0.1) is 38.5 Å². The van der Waals surface area contributed by atoms with Gasteiger partial charge in [-0.1, -0.05) is 16.4 Å². The highest BCUT2D eigenvalue weighted by atomic mass is 32.2. The molecule has 0 aliphatic heterocycles. The number of azo groups is 1. The maximum Gasteiger partial charge on any atom is 0.294 e. The van der Waals surface area contributed by atoms with Crippen LogP contribution in [0, 0.1) is 6.92 Å². The average Bonchev–Trinajstić information content (AvgIpc) is 3.29. The van der Waals surface area contributed by atoms with Crippen LogP contribution in [0.2, 0.25) is 0 Å². The molecule has 166 valence electrons. The lowest BCUT2D eigenvalue weighted by atomic mass is 10.3. The number of hydrogen-bond donors (Lipinski definition) is 3. The summed E-state index contributed by atoms with van der Waals surface area (Å²) in [6, 6.07) is 10.7. The van der Waals surface area contributed by atoms with E-state index in [0.29, 0.717) is 32.6 Å². The molecule has 0 saturated heterocycles. The van der Waals surface area contributed by atoms with Gasteiger partial charge < -0.3 is 5.73 Å². The number of nitrogens with two attached hydrogens (primary N) is 1. The molecular formula is C17H14N6O6S3. The highest BCUT2D eigenvalue weighted by Gasteiger charge is 2.16. The number of thiazole rings is 1. The second kappa shape index (κ2) is 8.91. The summed E-state index contributed by atoms with van der Waals surface area (Å²) in [4.78, 5) is 4.84. The lowest BCUT2D eigenvalue weighted by molar-refractivity contribution is -0.432. The van der Waals surface area contributed by atoms with Crippen molar-refractivity contribution < 1.29 is 27.6 Å². The Kier molecular flexibility index (Phi) is 6.20. The summed E-state index contributed by atoms with van der Waals surface area (Å²) < 4.78 is 38.2. The number of nitrogen functional groups attached to an aromatic ring is 1. The number of rotatable bonds is 7. The Balaban J connectivity index is 1.60. The Morgan fingerprint density at radius 2 is 1.94 bits per heavy atom. The van der Waals surface area contributed by atoms with Gasteiger partial charge in [0.25, 0.3) is 10.1 Å². The van der Waals surface area contributed by atoms with Crippen LogP contribution in [-0.2, 0) is 19.5 Å². The summed E-state index contributed by atoms with van der Waals surface area (Å²) >= 11 is 2.13. The predicted octanol–water partition coefficient (Wildman–Crippen LogP) is 4.46. The van der Waals surface area contributed by atoms with Gasteiger partial charge in [-0.2, -0.15) is 13.5 Å². The third-order valence-corrected chi connectivity index (χ3v) is 6.53. The summed E-state index contributed by atoms with van der Waals surface area (Å²) in [6.45, 7) is 1.71. The first-order chi connectivity index (χ1) is 15.3. The maximum atomic E-state index is 11.2. The molecule has 32 heavy (non-hydrogen) atoms. The van der Waals surface area contributed by atoms with Gasteiger partial charge in [-0.25, -0.2) is 14.9 Å². The molecule has 2 aromatic carbocycles. The smallest absolute Gasteiger partial charge is 0.294 e. The van der Waals surface area contributed by atoms with Gasteiger partial charge in [0.1, 0.15) is 0 Å². The van der Waals surface area contributed by atoms with Crippen molar-refractivity contribution in [3.63, 3.8) is 0 Å². The van der Waals surface area contributed by atoms with E-state index in [4.69, 9.17) is 15.5 Å². The third kappa shape index (κ3) is 4.63. The molecule has 0 bridgehead atoms. The Bertz CT molecular complexity index is 1410. The van der Waals surface area contributed by atoms with E-state index in [1.54, 1.807) is 25.1 Å². The predicted molar refractivity (Wildman–Crippen MR) is 117 cm³/mol. The van der Waals surface area contributed by atoms with Crippen molar-refractivity contribution in [2.75, 3.05) is 5.73 Å². The first-order valence-corrected chi connectivity index (χ1v) is 11.7. The molecular weight excluding hydrogens is 480 g/mol. The zero-order valence-electron chi connectivity index (χ0n) is 16.1. The van der Waals surface area contributed by atoms with Gasteiger partial charge >= 0.3 is 0 Å². The molecule has 0 aliphatic rings. The first-order valence-electron chi connectivity index (χ1n) is 8.66. The van der Waals surface area contributed by atoms with Crippen molar-refractivity contribution in [3.8, 4) is 5.69 Å². The summed E-state index contributed by atoms with van der Waals surface area (Å²) in [5.41, 5.74) is 8.22. The monoisotopic (exact) mass is 494 g/mol. The molecule has 2 aromatic heterocycles. The normalized spacial score (nSPS) is 12.2. The van der Waals surface area contributed by atoms with Crippen molar-refractivity contribution in [2.24, 2.45) is 10.2 Å². The molecule has 0 radical (unpaired) electrons. The molecule has 0 fully saturated rings. The summed E-state index contributed by atoms with van der Waals surface area (Å²) in [5, 5.41) is 24.9. The van der Waals surface area contributed by atoms with Crippen LogP contribution < -0.4 is 5.73 Å². The Morgan fingerprint density at radius 3 is 2.62 bits per heavy atom. The summed E-state index contributed by atoms with van der Waals surface area (Å²) in [5.74, 6) is 0.201. The van der Waals surface area contributed by atoms with Crippen LogP contribution in [0.1, 0.15) is 5.69 Å². The van der Waals surface area contributed by atoms with Gasteiger partial charge in [0.15, 0.2) is 11.5 Å². The minimum Gasteiger partial charge on any atom is -0.382 e. The van der Waals surface area contributed by atoms with E-state index >= 15 is 0 Å². The quantitative estimate of drug-likeness (QED) is 0.109. The van der Waals surface area contributed by atoms with E-state index in [0.717, 1.165) is 16.7 Å². The lowest BCUT2D eigenvalue weighted by Crippen LogP contribution is -2.03. The van der Waals surface area contributed by atoms with Gasteiger partial charge in [-0.05, 0) is 49.4 Å². The minimum atomic E-state index is -4.30. The van der Waals surface area contributed by atoms with Crippen molar-refractivity contribution in [1.29, 1.82) is 0 Å². The molecule has 0 aliphatic carbocycles. The fraction of sp³-hybridized carbons (Fsp3) is 0.0588. The fourth-order valence-corrected chi connectivity index (χ4v) is 4.53. The maximum absolute atomic E-state index is 11.2. The number of anilines is 1. The van der Waals surface area contributed by atoms with E-state index in [1.165, 1.54) is 40.3 Å². The van der Waals surface area contributed by atoms with Gasteiger partial charge in [-0.15, -0.1) is 14.6 Å². The lowest BCUT2D eigenvalue weighted by Gasteiger charge is -2.04. The molecule has 0 saturated carbocycles. The first kappa shape index (κ1) is 22.3. The Hall–Kier alpha value is -2.92. The summed E-state index contributed by atoms with van der Waals surface area (Å²) in [7, 11) is -4.30. The number of fused-ring (bicyclic) bond motifs is 1. The topological polar surface area (TPSA) is 175 Å². The van der Waals surface area contributed by atoms with E-state index in [1.807, 2.05) is 0 Å². The zero-order chi connectivity index (χ0) is 22.9. The standard InChI is InChI=1S/C17H14N6O6S3/c1-9-15(16(18)23(22-9)10-2-5-12(6-3-10)32(25,26)27)20-21-17-19-13-7-4-11(31-29-28-24)8-14(13)30-17/h2-8,24H,18H2,1H3,(H,25,26,27)/b21-20+. The van der Waals surface area contributed by atoms with Gasteiger partial charge in [0, 0.05) is 4.90 Å². The Morgan fingerprint density at radius 1 is 1.19 bits per heavy atom. The molecule has 12 nitrogen and oxygen atoms in total. The van der Waals surface area contributed by atoms with E-state index < -0.39 is 10.1 Å². The number of aryl methyl sites for hydroxylation is 1. The van der Waals surface area contributed by atoms with Crippen LogP contribution in [-0.4, -0.2) is 33.0 Å². The van der Waals surface area contributed by atoms with Crippen LogP contribution in [0.4, 0.5) is 16.6 Å². The molecule has 4 N–H and O–H groups in total. The SMILES string of the molecule is Cc1nn(-c2ccc(S(=O)(=O)O)cc2)c(N)c1/N=N/c1nc2ccc(SOOO)cc2s1. The number of nitrogens with zero attached hydrogens (tertiary/aromatic N) is 5. The van der Waals surface area contributed by atoms with Crippen molar-refractivity contribution >= 4 is 60.4 Å². The van der Waals surface area contributed by atoms with Crippen LogP contribution in [0.3, 0.4) is 0 Å². The van der Waals surface area contributed by atoms with E-state index in [9.17, 15) is 8.42 Å². The number of benzene rings is 2. The van der Waals surface area contributed by atoms with Crippen LogP contribution in [0.25, 0.3) is 15.9 Å². The van der Waals surface area contributed by atoms with Crippen molar-refractivity contribution in [1.82, 2.24) is 14.8 Å². The average molecular weight is 495 g/mol. The molecule has 15 heteroatoms. The van der Waals surface area contributed by atoms with Gasteiger partial charge in [0.2, 0.25) is 5.13 Å². The minimum absolute atomic E-state index is 0.201. The third-order valence-electron chi connectivity index (χ3n) is 4.19. The number of aromatic nitrogens is 3. The highest BCUT2D eigenvalue weighted by Crippen LogP contribution is 2.35. The molecule has 0 unspecified atom stereocenters. The fourth-order valence-electron chi connectivity index (χ4n) is 2.75. The Labute approximate surface area is 189 Å².